The number of azide groups is 1. The molecule has 0 aromatic rings. The molecule has 0 aromatic heterocycles. The lowest BCUT2D eigenvalue weighted by molar-refractivity contribution is -0.0201. The lowest BCUT2D eigenvalue weighted by Crippen LogP contribution is -2.43. The molecule has 25 heavy (non-hydrogen) atoms. The Kier molecular flexibility index (Phi) is 10.4. The van der Waals surface area contributed by atoms with Crippen LogP contribution in [0, 0.1) is 11.5 Å². The molecule has 0 amide bonds. The number of hydrogen-bond acceptors (Lipinski definition) is 3. The van der Waals surface area contributed by atoms with Gasteiger partial charge in [-0.3, -0.25) is 0 Å². The Morgan fingerprint density at radius 1 is 1.00 bits per heavy atom. The first-order valence-corrected chi connectivity index (χ1v) is 11.5. The zero-order chi connectivity index (χ0) is 19.7. The molecule has 0 aliphatic heterocycles. The van der Waals surface area contributed by atoms with E-state index in [0.717, 1.165) is 0 Å². The lowest BCUT2D eigenvalue weighted by atomic mass is 10.2. The van der Waals surface area contributed by atoms with Crippen LogP contribution in [0.4, 0.5) is 0 Å². The zero-order valence-corrected chi connectivity index (χ0v) is 18.6. The summed E-state index contributed by atoms with van der Waals surface area (Å²) in [6.45, 7) is 20.7. The number of hydrogen-bond donors (Lipinski definition) is 0. The van der Waals surface area contributed by atoms with Crippen molar-refractivity contribution in [3.05, 3.63) is 10.4 Å². The van der Waals surface area contributed by atoms with E-state index in [0.29, 0.717) is 36.4 Å². The van der Waals surface area contributed by atoms with E-state index in [1.807, 2.05) is 20.8 Å². The van der Waals surface area contributed by atoms with Crippen molar-refractivity contribution in [3.63, 3.8) is 0 Å². The summed E-state index contributed by atoms with van der Waals surface area (Å²) < 4.78 is 11.3. The first-order chi connectivity index (χ1) is 11.5. The van der Waals surface area contributed by atoms with Gasteiger partial charge in [-0.15, -0.1) is 5.54 Å². The van der Waals surface area contributed by atoms with E-state index in [1.165, 1.54) is 0 Å². The van der Waals surface area contributed by atoms with Gasteiger partial charge < -0.3 is 9.47 Å². The standard InChI is InChI=1S/C19H37N3O2Si/c1-15(2)25(16(3)4,17(5)6)12-10-11-23-13-18(21-22-20)14-24-19(7,8)9/h15-18H,11,13-14H2,1-9H3/t18-/m0/s1. The summed E-state index contributed by atoms with van der Waals surface area (Å²) >= 11 is 0. The van der Waals surface area contributed by atoms with Gasteiger partial charge in [0.2, 0.25) is 0 Å². The molecule has 0 fully saturated rings. The normalized spacial score (nSPS) is 13.6. The minimum absolute atomic E-state index is 0.264. The zero-order valence-electron chi connectivity index (χ0n) is 17.6. The van der Waals surface area contributed by atoms with Crippen molar-refractivity contribution in [1.82, 2.24) is 0 Å². The maximum atomic E-state index is 8.68. The SMILES string of the molecule is CC(C)[Si](C#CCOC[C@@H](COC(C)(C)C)N=[N+]=[N-])(C(C)C)C(C)C. The molecule has 0 saturated heterocycles. The monoisotopic (exact) mass is 367 g/mol. The molecule has 0 unspecified atom stereocenters. The third-order valence-corrected chi connectivity index (χ3v) is 10.9. The van der Waals surface area contributed by atoms with Crippen LogP contribution in [0.5, 0.6) is 0 Å². The third-order valence-electron chi connectivity index (χ3n) is 4.58. The van der Waals surface area contributed by atoms with Crippen molar-refractivity contribution >= 4 is 8.07 Å². The Morgan fingerprint density at radius 3 is 1.92 bits per heavy atom. The van der Waals surface area contributed by atoms with Crippen molar-refractivity contribution in [1.29, 1.82) is 0 Å². The third kappa shape index (κ3) is 8.28. The van der Waals surface area contributed by atoms with Crippen LogP contribution >= 0.6 is 0 Å². The molecular weight excluding hydrogens is 330 g/mol. The van der Waals surface area contributed by atoms with Crippen LogP contribution in [-0.4, -0.2) is 39.5 Å². The van der Waals surface area contributed by atoms with Crippen molar-refractivity contribution in [2.24, 2.45) is 5.11 Å². The average Bonchev–Trinajstić information content (AvgIpc) is 2.46. The lowest BCUT2D eigenvalue weighted by Gasteiger charge is -2.38. The fourth-order valence-corrected chi connectivity index (χ4v) is 8.65. The van der Waals surface area contributed by atoms with Gasteiger partial charge in [0.05, 0.1) is 24.9 Å². The first kappa shape index (κ1) is 24.0. The van der Waals surface area contributed by atoms with E-state index in [-0.39, 0.29) is 11.6 Å². The fraction of sp³-hybridized carbons (Fsp3) is 0.895. The summed E-state index contributed by atoms with van der Waals surface area (Å²) in [6, 6.07) is -0.326. The van der Waals surface area contributed by atoms with Gasteiger partial charge in [0.15, 0.2) is 0 Å². The molecule has 0 radical (unpaired) electrons. The first-order valence-electron chi connectivity index (χ1n) is 9.23. The average molecular weight is 368 g/mol. The van der Waals surface area contributed by atoms with Crippen LogP contribution < -0.4 is 0 Å². The molecule has 0 rings (SSSR count). The molecule has 0 spiro atoms. The van der Waals surface area contributed by atoms with E-state index in [2.05, 4.69) is 63.0 Å². The van der Waals surface area contributed by atoms with Crippen LogP contribution in [0.1, 0.15) is 62.3 Å². The number of ether oxygens (including phenoxy) is 2. The van der Waals surface area contributed by atoms with Crippen LogP contribution in [-0.2, 0) is 9.47 Å². The Morgan fingerprint density at radius 2 is 1.52 bits per heavy atom. The second-order valence-corrected chi connectivity index (χ2v) is 14.1. The molecule has 0 saturated carbocycles. The topological polar surface area (TPSA) is 67.2 Å². The molecule has 0 aliphatic carbocycles. The molecule has 144 valence electrons. The molecule has 6 heteroatoms. The molecule has 0 heterocycles. The Balaban J connectivity index is 4.77. The fourth-order valence-electron chi connectivity index (χ4n) is 3.40. The second kappa shape index (κ2) is 10.9. The van der Waals surface area contributed by atoms with E-state index in [4.69, 9.17) is 15.0 Å². The number of nitrogens with zero attached hydrogens (tertiary/aromatic N) is 3. The maximum absolute atomic E-state index is 8.68. The highest BCUT2D eigenvalue weighted by Gasteiger charge is 2.41. The molecule has 0 N–H and O–H groups in total. The highest BCUT2D eigenvalue weighted by Crippen LogP contribution is 2.40. The minimum atomic E-state index is -1.71. The summed E-state index contributed by atoms with van der Waals surface area (Å²) in [5.74, 6) is 3.25. The van der Waals surface area contributed by atoms with Gasteiger partial charge in [-0.05, 0) is 42.9 Å². The van der Waals surface area contributed by atoms with Crippen LogP contribution in [0.15, 0.2) is 5.11 Å². The summed E-state index contributed by atoms with van der Waals surface area (Å²) in [7, 11) is -1.71. The molecular formula is C19H37N3O2Si. The maximum Gasteiger partial charge on any atom is 0.146 e. The van der Waals surface area contributed by atoms with E-state index < -0.39 is 8.07 Å². The van der Waals surface area contributed by atoms with Gasteiger partial charge in [-0.2, -0.15) is 0 Å². The van der Waals surface area contributed by atoms with E-state index >= 15 is 0 Å². The van der Waals surface area contributed by atoms with Gasteiger partial charge in [-0.25, -0.2) is 0 Å². The Hall–Kier alpha value is -0.993. The predicted molar refractivity (Wildman–Crippen MR) is 108 cm³/mol. The van der Waals surface area contributed by atoms with Crippen molar-refractivity contribution in [3.8, 4) is 11.5 Å². The van der Waals surface area contributed by atoms with Gasteiger partial charge in [-0.1, -0.05) is 52.6 Å². The van der Waals surface area contributed by atoms with Crippen LogP contribution in [0.3, 0.4) is 0 Å². The largest absolute Gasteiger partial charge is 0.375 e. The molecule has 0 aromatic carbocycles. The van der Waals surface area contributed by atoms with Crippen molar-refractivity contribution < 1.29 is 9.47 Å². The molecule has 0 aliphatic rings. The minimum Gasteiger partial charge on any atom is -0.375 e. The molecule has 1 atom stereocenters. The van der Waals surface area contributed by atoms with Gasteiger partial charge >= 0.3 is 0 Å². The highest BCUT2D eigenvalue weighted by molar-refractivity contribution is 6.90. The second-order valence-electron chi connectivity index (χ2n) is 8.50. The van der Waals surface area contributed by atoms with Crippen LogP contribution in [0.2, 0.25) is 16.6 Å². The van der Waals surface area contributed by atoms with Gasteiger partial charge in [0.1, 0.15) is 14.7 Å². The summed E-state index contributed by atoms with van der Waals surface area (Å²) in [5.41, 5.74) is 13.9. The Labute approximate surface area is 155 Å². The summed E-state index contributed by atoms with van der Waals surface area (Å²) in [6.07, 6.45) is 0. The van der Waals surface area contributed by atoms with Crippen molar-refractivity contribution in [2.75, 3.05) is 19.8 Å². The molecule has 5 nitrogen and oxygen atoms in total. The highest BCUT2D eigenvalue weighted by atomic mass is 28.3. The number of rotatable bonds is 9. The molecule has 0 bridgehead atoms. The van der Waals surface area contributed by atoms with Gasteiger partial charge in [0, 0.05) is 4.91 Å². The quantitative estimate of drug-likeness (QED) is 0.131. The van der Waals surface area contributed by atoms with Gasteiger partial charge in [0.25, 0.3) is 0 Å². The van der Waals surface area contributed by atoms with E-state index in [1.54, 1.807) is 0 Å². The summed E-state index contributed by atoms with van der Waals surface area (Å²) in [4.78, 5) is 2.88. The predicted octanol–water partition coefficient (Wildman–Crippen LogP) is 5.72. The Bertz CT molecular complexity index is 473. The summed E-state index contributed by atoms with van der Waals surface area (Å²) in [5, 5.41) is 3.75. The smallest absolute Gasteiger partial charge is 0.146 e. The van der Waals surface area contributed by atoms with E-state index in [9.17, 15) is 0 Å². The van der Waals surface area contributed by atoms with Crippen LogP contribution in [0.25, 0.3) is 10.4 Å². The van der Waals surface area contributed by atoms with Crippen molar-refractivity contribution in [2.45, 2.75) is 90.6 Å².